The van der Waals surface area contributed by atoms with Crippen molar-refractivity contribution < 1.29 is 9.13 Å². The molecule has 0 atom stereocenters. The van der Waals surface area contributed by atoms with Crippen LogP contribution in [-0.4, -0.2) is 28.3 Å². The van der Waals surface area contributed by atoms with Crippen LogP contribution in [0.3, 0.4) is 0 Å². The van der Waals surface area contributed by atoms with Crippen LogP contribution in [0.15, 0.2) is 23.4 Å². The number of halogens is 1. The topological polar surface area (TPSA) is 73.9 Å². The summed E-state index contributed by atoms with van der Waals surface area (Å²) in [6, 6.07) is 4.51. The lowest BCUT2D eigenvalue weighted by molar-refractivity contribution is 0.413. The summed E-state index contributed by atoms with van der Waals surface area (Å²) in [5, 5.41) is 0.433. The quantitative estimate of drug-likeness (QED) is 0.856. The minimum absolute atomic E-state index is 0.0506. The predicted octanol–water partition coefficient (Wildman–Crippen LogP) is 1.99. The standard InChI is InChI=1S/C11H11FN4OS/c1-17-7-5-3-4-6(12)8(7)9-14-10(13)16-11(15-9)18-2/h3-5H,1-2H3,(H2,13,14,15,16). The van der Waals surface area contributed by atoms with Crippen LogP contribution in [0.4, 0.5) is 10.3 Å². The molecule has 1 aromatic heterocycles. The SMILES string of the molecule is COc1cccc(F)c1-c1nc(N)nc(SC)n1. The van der Waals surface area contributed by atoms with Crippen LogP contribution < -0.4 is 10.5 Å². The van der Waals surface area contributed by atoms with E-state index in [-0.39, 0.29) is 17.3 Å². The first-order valence-corrected chi connectivity index (χ1v) is 6.26. The zero-order chi connectivity index (χ0) is 13.1. The summed E-state index contributed by atoms with van der Waals surface area (Å²) in [6.07, 6.45) is 1.80. The minimum Gasteiger partial charge on any atom is -0.496 e. The first kappa shape index (κ1) is 12.6. The number of nitrogens with zero attached hydrogens (tertiary/aromatic N) is 3. The molecule has 0 aliphatic carbocycles. The van der Waals surface area contributed by atoms with Gasteiger partial charge in [-0.15, -0.1) is 0 Å². The second-order valence-corrected chi connectivity index (χ2v) is 4.09. The van der Waals surface area contributed by atoms with E-state index in [9.17, 15) is 4.39 Å². The fourth-order valence-electron chi connectivity index (χ4n) is 1.47. The average Bonchev–Trinajstić information content (AvgIpc) is 2.37. The number of rotatable bonds is 3. The molecule has 0 aliphatic heterocycles. The molecule has 2 N–H and O–H groups in total. The summed E-state index contributed by atoms with van der Waals surface area (Å²) in [7, 11) is 1.46. The van der Waals surface area contributed by atoms with Gasteiger partial charge < -0.3 is 10.5 Å². The Hall–Kier alpha value is -1.89. The van der Waals surface area contributed by atoms with E-state index in [1.54, 1.807) is 18.4 Å². The lowest BCUT2D eigenvalue weighted by Crippen LogP contribution is -2.03. The second-order valence-electron chi connectivity index (χ2n) is 3.32. The molecule has 0 fully saturated rings. The summed E-state index contributed by atoms with van der Waals surface area (Å²) < 4.78 is 19.0. The molecule has 1 aromatic carbocycles. The predicted molar refractivity (Wildman–Crippen MR) is 68.0 cm³/mol. The highest BCUT2D eigenvalue weighted by atomic mass is 32.2. The smallest absolute Gasteiger partial charge is 0.224 e. The molecule has 2 rings (SSSR count). The largest absolute Gasteiger partial charge is 0.496 e. The molecule has 0 saturated carbocycles. The van der Waals surface area contributed by atoms with Gasteiger partial charge >= 0.3 is 0 Å². The van der Waals surface area contributed by atoms with Crippen molar-refractivity contribution in [2.24, 2.45) is 0 Å². The van der Waals surface area contributed by atoms with Gasteiger partial charge in [-0.3, -0.25) is 0 Å². The van der Waals surface area contributed by atoms with Crippen molar-refractivity contribution in [1.29, 1.82) is 0 Å². The highest BCUT2D eigenvalue weighted by Gasteiger charge is 2.16. The molecule has 0 radical (unpaired) electrons. The molecule has 0 saturated heterocycles. The van der Waals surface area contributed by atoms with E-state index in [2.05, 4.69) is 15.0 Å². The number of anilines is 1. The fraction of sp³-hybridized carbons (Fsp3) is 0.182. The van der Waals surface area contributed by atoms with Crippen molar-refractivity contribution in [2.75, 3.05) is 19.1 Å². The number of hydrogen-bond acceptors (Lipinski definition) is 6. The second kappa shape index (κ2) is 5.18. The molecule has 94 valence electrons. The van der Waals surface area contributed by atoms with E-state index < -0.39 is 5.82 Å². The number of thioether (sulfide) groups is 1. The highest BCUT2D eigenvalue weighted by Crippen LogP contribution is 2.30. The third-order valence-electron chi connectivity index (χ3n) is 2.23. The van der Waals surface area contributed by atoms with E-state index in [1.165, 1.54) is 24.9 Å². The molecule has 7 heteroatoms. The maximum Gasteiger partial charge on any atom is 0.224 e. The van der Waals surface area contributed by atoms with Gasteiger partial charge in [0, 0.05) is 0 Å². The number of benzene rings is 1. The van der Waals surface area contributed by atoms with Crippen molar-refractivity contribution in [1.82, 2.24) is 15.0 Å². The summed E-state index contributed by atoms with van der Waals surface area (Å²) >= 11 is 1.31. The molecule has 0 unspecified atom stereocenters. The minimum atomic E-state index is -0.466. The summed E-state index contributed by atoms with van der Waals surface area (Å²) in [5.41, 5.74) is 5.76. The molecule has 0 spiro atoms. The number of methoxy groups -OCH3 is 1. The lowest BCUT2D eigenvalue weighted by Gasteiger charge is -2.09. The van der Waals surface area contributed by atoms with Crippen LogP contribution in [0.1, 0.15) is 0 Å². The number of aromatic nitrogens is 3. The zero-order valence-electron chi connectivity index (χ0n) is 9.85. The number of nitrogen functional groups attached to an aromatic ring is 1. The highest BCUT2D eigenvalue weighted by molar-refractivity contribution is 7.98. The van der Waals surface area contributed by atoms with Crippen LogP contribution in [0, 0.1) is 5.82 Å². The van der Waals surface area contributed by atoms with Crippen molar-refractivity contribution in [3.05, 3.63) is 24.0 Å². The van der Waals surface area contributed by atoms with E-state index in [0.29, 0.717) is 10.9 Å². The van der Waals surface area contributed by atoms with E-state index in [1.807, 2.05) is 0 Å². The Labute approximate surface area is 108 Å². The zero-order valence-corrected chi connectivity index (χ0v) is 10.7. The Morgan fingerprint density at radius 2 is 2.06 bits per heavy atom. The molecule has 1 heterocycles. The third-order valence-corrected chi connectivity index (χ3v) is 2.78. The van der Waals surface area contributed by atoms with Crippen molar-refractivity contribution in [3.63, 3.8) is 0 Å². The van der Waals surface area contributed by atoms with E-state index in [0.717, 1.165) is 0 Å². The summed E-state index contributed by atoms with van der Waals surface area (Å²) in [4.78, 5) is 12.0. The molecule has 18 heavy (non-hydrogen) atoms. The van der Waals surface area contributed by atoms with Crippen LogP contribution in [0.25, 0.3) is 11.4 Å². The van der Waals surface area contributed by atoms with Gasteiger partial charge in [0.05, 0.1) is 12.7 Å². The van der Waals surface area contributed by atoms with Crippen LogP contribution in [-0.2, 0) is 0 Å². The summed E-state index contributed by atoms with van der Waals surface area (Å²) in [6.45, 7) is 0. The number of nitrogens with two attached hydrogens (primary N) is 1. The molecular formula is C11H11FN4OS. The van der Waals surface area contributed by atoms with Crippen molar-refractivity contribution in [3.8, 4) is 17.1 Å². The van der Waals surface area contributed by atoms with Gasteiger partial charge in [-0.25, -0.2) is 9.37 Å². The molecular weight excluding hydrogens is 255 g/mol. The molecule has 0 bridgehead atoms. The monoisotopic (exact) mass is 266 g/mol. The van der Waals surface area contributed by atoms with Crippen LogP contribution >= 0.6 is 11.8 Å². The Balaban J connectivity index is 2.64. The Morgan fingerprint density at radius 1 is 1.28 bits per heavy atom. The first-order chi connectivity index (χ1) is 8.65. The van der Waals surface area contributed by atoms with Gasteiger partial charge in [0.2, 0.25) is 5.95 Å². The van der Waals surface area contributed by atoms with Gasteiger partial charge in [-0.05, 0) is 18.4 Å². The van der Waals surface area contributed by atoms with Gasteiger partial charge in [-0.2, -0.15) is 9.97 Å². The number of ether oxygens (including phenoxy) is 1. The van der Waals surface area contributed by atoms with Gasteiger partial charge in [0.15, 0.2) is 11.0 Å². The summed E-state index contributed by atoms with van der Waals surface area (Å²) in [5.74, 6) is 0.108. The van der Waals surface area contributed by atoms with Gasteiger partial charge in [0.25, 0.3) is 0 Å². The molecule has 5 nitrogen and oxygen atoms in total. The maximum atomic E-state index is 13.9. The lowest BCUT2D eigenvalue weighted by atomic mass is 10.1. The number of hydrogen-bond donors (Lipinski definition) is 1. The first-order valence-electron chi connectivity index (χ1n) is 5.04. The third kappa shape index (κ3) is 2.35. The van der Waals surface area contributed by atoms with Crippen LogP contribution in [0.2, 0.25) is 0 Å². The van der Waals surface area contributed by atoms with Gasteiger partial charge in [-0.1, -0.05) is 17.8 Å². The fourth-order valence-corrected chi connectivity index (χ4v) is 1.83. The maximum absolute atomic E-state index is 13.9. The van der Waals surface area contributed by atoms with Crippen molar-refractivity contribution >= 4 is 17.7 Å². The Morgan fingerprint density at radius 3 is 2.72 bits per heavy atom. The molecule has 0 amide bonds. The Bertz CT molecular complexity index is 579. The van der Waals surface area contributed by atoms with Crippen molar-refractivity contribution in [2.45, 2.75) is 5.16 Å². The van der Waals surface area contributed by atoms with Gasteiger partial charge in [0.1, 0.15) is 11.6 Å². The van der Waals surface area contributed by atoms with E-state index in [4.69, 9.17) is 10.5 Å². The molecule has 2 aromatic rings. The Kier molecular flexibility index (Phi) is 3.61. The average molecular weight is 266 g/mol. The van der Waals surface area contributed by atoms with E-state index >= 15 is 0 Å². The molecule has 0 aliphatic rings. The normalized spacial score (nSPS) is 10.4. The van der Waals surface area contributed by atoms with Crippen LogP contribution in [0.5, 0.6) is 5.75 Å².